The zero-order valence-corrected chi connectivity index (χ0v) is 12.2. The number of carbonyl (C=O) groups is 1. The number of nitrogens with one attached hydrogen (secondary N) is 1. The molecular weight excluding hydrogens is 287 g/mol. The van der Waals surface area contributed by atoms with E-state index in [4.69, 9.17) is 9.47 Å². The van der Waals surface area contributed by atoms with Gasteiger partial charge in [0.25, 0.3) is 5.91 Å². The maximum Gasteiger partial charge on any atom is 0.274 e. The first kappa shape index (κ1) is 15.5. The van der Waals surface area contributed by atoms with E-state index in [1.165, 1.54) is 31.5 Å². The van der Waals surface area contributed by atoms with E-state index < -0.39 is 11.7 Å². The lowest BCUT2D eigenvalue weighted by Crippen LogP contribution is -2.19. The van der Waals surface area contributed by atoms with Crippen LogP contribution < -0.4 is 14.9 Å². The molecule has 0 radical (unpaired) electrons. The van der Waals surface area contributed by atoms with Crippen LogP contribution in [0.4, 0.5) is 4.39 Å². The predicted molar refractivity (Wildman–Crippen MR) is 81.0 cm³/mol. The van der Waals surface area contributed by atoms with E-state index >= 15 is 0 Å². The third-order valence-corrected chi connectivity index (χ3v) is 2.93. The van der Waals surface area contributed by atoms with Gasteiger partial charge in [0.2, 0.25) is 0 Å². The minimum absolute atomic E-state index is 0.0720. The highest BCUT2D eigenvalue weighted by molar-refractivity contribution is 5.95. The lowest BCUT2D eigenvalue weighted by molar-refractivity contribution is 0.0951. The van der Waals surface area contributed by atoms with Crippen molar-refractivity contribution in [1.82, 2.24) is 5.43 Å². The summed E-state index contributed by atoms with van der Waals surface area (Å²) >= 11 is 0. The van der Waals surface area contributed by atoms with Crippen molar-refractivity contribution in [3.63, 3.8) is 0 Å². The molecule has 6 heteroatoms. The first-order chi connectivity index (χ1) is 10.7. The second-order valence-electron chi connectivity index (χ2n) is 4.29. The van der Waals surface area contributed by atoms with E-state index in [1.807, 2.05) is 0 Å². The number of hydrogen-bond donors (Lipinski definition) is 1. The smallest absolute Gasteiger partial charge is 0.274 e. The van der Waals surface area contributed by atoms with E-state index in [9.17, 15) is 9.18 Å². The molecule has 0 saturated heterocycles. The summed E-state index contributed by atoms with van der Waals surface area (Å²) in [6, 6.07) is 10.9. The van der Waals surface area contributed by atoms with E-state index in [0.29, 0.717) is 17.1 Å². The van der Waals surface area contributed by atoms with Gasteiger partial charge >= 0.3 is 0 Å². The van der Waals surface area contributed by atoms with E-state index in [1.54, 1.807) is 31.4 Å². The monoisotopic (exact) mass is 302 g/mol. The van der Waals surface area contributed by atoms with Crippen molar-refractivity contribution in [1.29, 1.82) is 0 Å². The van der Waals surface area contributed by atoms with E-state index in [-0.39, 0.29) is 5.56 Å². The average Bonchev–Trinajstić information content (AvgIpc) is 2.55. The van der Waals surface area contributed by atoms with Crippen molar-refractivity contribution in [3.05, 3.63) is 59.4 Å². The highest BCUT2D eigenvalue weighted by atomic mass is 19.1. The van der Waals surface area contributed by atoms with Crippen LogP contribution >= 0.6 is 0 Å². The first-order valence-electron chi connectivity index (χ1n) is 6.45. The Morgan fingerprint density at radius 1 is 1.18 bits per heavy atom. The molecule has 2 aromatic rings. The number of amides is 1. The summed E-state index contributed by atoms with van der Waals surface area (Å²) in [4.78, 5) is 11.8. The van der Waals surface area contributed by atoms with Gasteiger partial charge in [0.05, 0.1) is 26.0 Å². The minimum Gasteiger partial charge on any atom is -0.497 e. The maximum atomic E-state index is 13.5. The molecule has 0 atom stereocenters. The van der Waals surface area contributed by atoms with Gasteiger partial charge in [-0.3, -0.25) is 4.79 Å². The molecular formula is C16H15FN2O3. The normalized spacial score (nSPS) is 10.5. The fourth-order valence-corrected chi connectivity index (χ4v) is 1.81. The van der Waals surface area contributed by atoms with Gasteiger partial charge in [-0.15, -0.1) is 0 Å². The van der Waals surface area contributed by atoms with E-state index in [2.05, 4.69) is 10.5 Å². The van der Waals surface area contributed by atoms with Gasteiger partial charge in [0, 0.05) is 5.56 Å². The van der Waals surface area contributed by atoms with E-state index in [0.717, 1.165) is 0 Å². The molecule has 0 aliphatic carbocycles. The summed E-state index contributed by atoms with van der Waals surface area (Å²) in [6.07, 6.45) is 1.40. The Kier molecular flexibility index (Phi) is 5.08. The second-order valence-corrected chi connectivity index (χ2v) is 4.29. The fourth-order valence-electron chi connectivity index (χ4n) is 1.81. The number of carbonyl (C=O) groups excluding carboxylic acids is 1. The van der Waals surface area contributed by atoms with Crippen LogP contribution in [0, 0.1) is 5.82 Å². The van der Waals surface area contributed by atoms with Gasteiger partial charge in [-0.1, -0.05) is 12.1 Å². The third kappa shape index (κ3) is 3.60. The van der Waals surface area contributed by atoms with Gasteiger partial charge in [-0.05, 0) is 30.3 Å². The summed E-state index contributed by atoms with van der Waals surface area (Å²) in [7, 11) is 3.07. The van der Waals surface area contributed by atoms with Crippen molar-refractivity contribution in [2.24, 2.45) is 5.10 Å². The van der Waals surface area contributed by atoms with Crippen molar-refractivity contribution >= 4 is 12.1 Å². The number of benzene rings is 2. The SMILES string of the molecule is COc1ccc(OC)c(/C=N/NC(=O)c2ccccc2F)c1. The number of rotatable bonds is 5. The molecule has 0 spiro atoms. The summed E-state index contributed by atoms with van der Waals surface area (Å²) in [6.45, 7) is 0. The molecule has 0 heterocycles. The highest BCUT2D eigenvalue weighted by Gasteiger charge is 2.09. The number of nitrogens with zero attached hydrogens (tertiary/aromatic N) is 1. The molecule has 5 nitrogen and oxygen atoms in total. The number of halogens is 1. The Morgan fingerprint density at radius 2 is 1.95 bits per heavy atom. The highest BCUT2D eigenvalue weighted by Crippen LogP contribution is 2.22. The molecule has 1 N–H and O–H groups in total. The standard InChI is InChI=1S/C16H15FN2O3/c1-21-12-7-8-15(22-2)11(9-12)10-18-19-16(20)13-5-3-4-6-14(13)17/h3-10H,1-2H3,(H,19,20)/b18-10+. The summed E-state index contributed by atoms with van der Waals surface area (Å²) < 4.78 is 23.8. The van der Waals surface area contributed by atoms with Gasteiger partial charge in [-0.2, -0.15) is 5.10 Å². The maximum absolute atomic E-state index is 13.5. The number of ether oxygens (including phenoxy) is 2. The lowest BCUT2D eigenvalue weighted by atomic mass is 10.2. The zero-order valence-electron chi connectivity index (χ0n) is 12.2. The summed E-state index contributed by atoms with van der Waals surface area (Å²) in [5.41, 5.74) is 2.82. The molecule has 2 rings (SSSR count). The predicted octanol–water partition coefficient (Wildman–Crippen LogP) is 2.61. The van der Waals surface area contributed by atoms with Crippen molar-refractivity contribution in [3.8, 4) is 11.5 Å². The fraction of sp³-hybridized carbons (Fsp3) is 0.125. The Hall–Kier alpha value is -2.89. The largest absolute Gasteiger partial charge is 0.497 e. The Bertz CT molecular complexity index is 702. The molecule has 0 aliphatic rings. The number of hydrazone groups is 1. The molecule has 2 aromatic carbocycles. The third-order valence-electron chi connectivity index (χ3n) is 2.93. The second kappa shape index (κ2) is 7.21. The Balaban J connectivity index is 2.12. The molecule has 0 bridgehead atoms. The first-order valence-corrected chi connectivity index (χ1v) is 6.45. The number of methoxy groups -OCH3 is 2. The van der Waals surface area contributed by atoms with Crippen LogP contribution in [0.3, 0.4) is 0 Å². The molecule has 0 aromatic heterocycles. The van der Waals surface area contributed by atoms with Crippen molar-refractivity contribution in [2.75, 3.05) is 14.2 Å². The molecule has 0 saturated carbocycles. The molecule has 0 aliphatic heterocycles. The van der Waals surface area contributed by atoms with Crippen molar-refractivity contribution < 1.29 is 18.7 Å². The molecule has 114 valence electrons. The quantitative estimate of drug-likeness (QED) is 0.682. The lowest BCUT2D eigenvalue weighted by Gasteiger charge is -2.06. The van der Waals surface area contributed by atoms with Gasteiger partial charge < -0.3 is 9.47 Å². The number of hydrogen-bond acceptors (Lipinski definition) is 4. The minimum atomic E-state index is -0.629. The Labute approximate surface area is 127 Å². The van der Waals surface area contributed by atoms with Crippen LogP contribution in [0.15, 0.2) is 47.6 Å². The molecule has 1 amide bonds. The van der Waals surface area contributed by atoms with Gasteiger partial charge in [0.1, 0.15) is 17.3 Å². The van der Waals surface area contributed by atoms with Gasteiger partial charge in [0.15, 0.2) is 0 Å². The molecule has 0 fully saturated rings. The van der Waals surface area contributed by atoms with Crippen LogP contribution in [0.25, 0.3) is 0 Å². The zero-order chi connectivity index (χ0) is 15.9. The molecule has 22 heavy (non-hydrogen) atoms. The topological polar surface area (TPSA) is 59.9 Å². The van der Waals surface area contributed by atoms with Gasteiger partial charge in [-0.25, -0.2) is 9.82 Å². The Morgan fingerprint density at radius 3 is 2.64 bits per heavy atom. The van der Waals surface area contributed by atoms with Crippen LogP contribution in [-0.2, 0) is 0 Å². The van der Waals surface area contributed by atoms with Crippen molar-refractivity contribution in [2.45, 2.75) is 0 Å². The summed E-state index contributed by atoms with van der Waals surface area (Å²) in [5, 5.41) is 3.82. The summed E-state index contributed by atoms with van der Waals surface area (Å²) in [5.74, 6) is -0.0299. The van der Waals surface area contributed by atoms with Crippen LogP contribution in [0.1, 0.15) is 15.9 Å². The molecule has 0 unspecified atom stereocenters. The average molecular weight is 302 g/mol. The van der Waals surface area contributed by atoms with Crippen LogP contribution in [-0.4, -0.2) is 26.3 Å². The van der Waals surface area contributed by atoms with Crippen LogP contribution in [0.5, 0.6) is 11.5 Å². The van der Waals surface area contributed by atoms with Crippen LogP contribution in [0.2, 0.25) is 0 Å².